The van der Waals surface area contributed by atoms with E-state index in [9.17, 15) is 9.18 Å². The number of fused-ring (bicyclic) bond motifs is 1. The molecule has 1 unspecified atom stereocenters. The maximum atomic E-state index is 14.1. The van der Waals surface area contributed by atoms with E-state index in [2.05, 4.69) is 10.2 Å². The van der Waals surface area contributed by atoms with Crippen LogP contribution in [0.2, 0.25) is 5.02 Å². The largest absolute Gasteiger partial charge is 0.322 e. The molecule has 1 aliphatic rings. The Bertz CT molecular complexity index is 1260. The molecule has 0 fully saturated rings. The van der Waals surface area contributed by atoms with E-state index in [0.29, 0.717) is 28.5 Å². The third-order valence-electron chi connectivity index (χ3n) is 5.62. The number of rotatable bonds is 4. The minimum atomic E-state index is -0.455. The zero-order valence-corrected chi connectivity index (χ0v) is 17.5. The molecule has 5 rings (SSSR count). The van der Waals surface area contributed by atoms with Gasteiger partial charge in [0.05, 0.1) is 11.7 Å². The van der Waals surface area contributed by atoms with Crippen molar-refractivity contribution in [1.29, 1.82) is 0 Å². The predicted octanol–water partition coefficient (Wildman–Crippen LogP) is 5.92. The van der Waals surface area contributed by atoms with Crippen LogP contribution in [0.1, 0.15) is 38.8 Å². The number of amides is 1. The molecule has 6 heteroatoms. The average Bonchev–Trinajstić information content (AvgIpc) is 3.30. The zero-order chi connectivity index (χ0) is 21.5. The minimum absolute atomic E-state index is 0.155. The third-order valence-corrected chi connectivity index (χ3v) is 5.87. The van der Waals surface area contributed by atoms with Crippen molar-refractivity contribution < 1.29 is 9.18 Å². The highest BCUT2D eigenvalue weighted by Crippen LogP contribution is 2.43. The van der Waals surface area contributed by atoms with Gasteiger partial charge in [-0.1, -0.05) is 65.7 Å². The molecule has 1 aliphatic heterocycles. The smallest absolute Gasteiger partial charge is 0.273 e. The second-order valence-corrected chi connectivity index (χ2v) is 8.18. The summed E-state index contributed by atoms with van der Waals surface area (Å²) in [5.41, 5.74) is 5.56. The van der Waals surface area contributed by atoms with Gasteiger partial charge in [-0.25, -0.2) is 4.39 Å². The van der Waals surface area contributed by atoms with Crippen LogP contribution in [0.25, 0.3) is 11.3 Å². The van der Waals surface area contributed by atoms with Gasteiger partial charge in [0.2, 0.25) is 0 Å². The summed E-state index contributed by atoms with van der Waals surface area (Å²) in [4.78, 5) is 15.1. The van der Waals surface area contributed by atoms with Gasteiger partial charge in [0.25, 0.3) is 5.91 Å². The van der Waals surface area contributed by atoms with Gasteiger partial charge in [-0.05, 0) is 42.3 Å². The van der Waals surface area contributed by atoms with Crippen molar-refractivity contribution in [3.8, 4) is 11.3 Å². The standard InChI is InChI=1S/C25H19ClFN3O/c1-15-5-7-16(8-6-15)14-30-24(18-3-2-4-20(27)13-18)21-22(28-29-23(21)25(30)31)17-9-11-19(26)12-10-17/h2-13,24H,14H2,1H3,(H,28,29). The number of nitrogens with one attached hydrogen (secondary N) is 1. The van der Waals surface area contributed by atoms with E-state index in [-0.39, 0.29) is 11.7 Å². The van der Waals surface area contributed by atoms with Crippen LogP contribution in [0.15, 0.2) is 72.8 Å². The van der Waals surface area contributed by atoms with Gasteiger partial charge in [-0.3, -0.25) is 9.89 Å². The molecule has 4 nitrogen and oxygen atoms in total. The molecule has 0 bridgehead atoms. The Balaban J connectivity index is 1.64. The Morgan fingerprint density at radius 1 is 1.06 bits per heavy atom. The van der Waals surface area contributed by atoms with Gasteiger partial charge in [0.15, 0.2) is 0 Å². The Kier molecular flexibility index (Phi) is 4.83. The SMILES string of the molecule is Cc1ccc(CN2C(=O)c3[nH]nc(-c4ccc(Cl)cc4)c3C2c2cccc(F)c2)cc1. The highest BCUT2D eigenvalue weighted by atomic mass is 35.5. The highest BCUT2D eigenvalue weighted by Gasteiger charge is 2.42. The number of hydrogen-bond donors (Lipinski definition) is 1. The zero-order valence-electron chi connectivity index (χ0n) is 16.8. The van der Waals surface area contributed by atoms with Crippen LogP contribution >= 0.6 is 11.6 Å². The maximum Gasteiger partial charge on any atom is 0.273 e. The van der Waals surface area contributed by atoms with Crippen LogP contribution in [-0.2, 0) is 6.54 Å². The summed E-state index contributed by atoms with van der Waals surface area (Å²) in [6.07, 6.45) is 0. The lowest BCUT2D eigenvalue weighted by Gasteiger charge is -2.26. The molecule has 0 aliphatic carbocycles. The number of H-pyrrole nitrogens is 1. The average molecular weight is 432 g/mol. The monoisotopic (exact) mass is 431 g/mol. The van der Waals surface area contributed by atoms with Crippen LogP contribution in [0, 0.1) is 12.7 Å². The summed E-state index contributed by atoms with van der Waals surface area (Å²) in [5.74, 6) is -0.497. The van der Waals surface area contributed by atoms with E-state index < -0.39 is 6.04 Å². The van der Waals surface area contributed by atoms with Crippen molar-refractivity contribution in [3.63, 3.8) is 0 Å². The first-order valence-corrected chi connectivity index (χ1v) is 10.4. The summed E-state index contributed by atoms with van der Waals surface area (Å²) in [6.45, 7) is 2.43. The molecule has 2 heterocycles. The number of carbonyl (C=O) groups excluding carboxylic acids is 1. The normalized spacial score (nSPS) is 15.4. The van der Waals surface area contributed by atoms with E-state index in [1.165, 1.54) is 12.1 Å². The van der Waals surface area contributed by atoms with Gasteiger partial charge >= 0.3 is 0 Å². The molecule has 1 N–H and O–H groups in total. The summed E-state index contributed by atoms with van der Waals surface area (Å²) in [6, 6.07) is 21.3. The first kappa shape index (κ1) is 19.5. The summed E-state index contributed by atoms with van der Waals surface area (Å²) in [5, 5.41) is 7.97. The highest BCUT2D eigenvalue weighted by molar-refractivity contribution is 6.30. The van der Waals surface area contributed by atoms with Crippen molar-refractivity contribution in [2.75, 3.05) is 0 Å². The molecule has 0 saturated heterocycles. The van der Waals surface area contributed by atoms with Crippen molar-refractivity contribution in [1.82, 2.24) is 15.1 Å². The quantitative estimate of drug-likeness (QED) is 0.435. The van der Waals surface area contributed by atoms with Crippen LogP contribution in [0.3, 0.4) is 0 Å². The van der Waals surface area contributed by atoms with Crippen LogP contribution in [0.5, 0.6) is 0 Å². The number of aromatic nitrogens is 2. The third kappa shape index (κ3) is 3.51. The first-order chi connectivity index (χ1) is 15.0. The molecule has 4 aromatic rings. The van der Waals surface area contributed by atoms with E-state index in [0.717, 1.165) is 22.3 Å². The fourth-order valence-electron chi connectivity index (χ4n) is 4.10. The summed E-state index contributed by atoms with van der Waals surface area (Å²) in [7, 11) is 0. The fraction of sp³-hybridized carbons (Fsp3) is 0.120. The lowest BCUT2D eigenvalue weighted by Crippen LogP contribution is -2.29. The number of nitrogens with zero attached hydrogens (tertiary/aromatic N) is 2. The molecule has 0 radical (unpaired) electrons. The van der Waals surface area contributed by atoms with Crippen molar-refractivity contribution >= 4 is 17.5 Å². The molecule has 1 aromatic heterocycles. The van der Waals surface area contributed by atoms with Gasteiger partial charge in [-0.15, -0.1) is 0 Å². The maximum absolute atomic E-state index is 14.1. The van der Waals surface area contributed by atoms with Gasteiger partial charge in [-0.2, -0.15) is 5.10 Å². The molecular weight excluding hydrogens is 413 g/mol. The molecule has 3 aromatic carbocycles. The summed E-state index contributed by atoms with van der Waals surface area (Å²) < 4.78 is 14.1. The van der Waals surface area contributed by atoms with Crippen LogP contribution < -0.4 is 0 Å². The van der Waals surface area contributed by atoms with Crippen LogP contribution in [-0.4, -0.2) is 21.0 Å². The second-order valence-electron chi connectivity index (χ2n) is 7.74. The predicted molar refractivity (Wildman–Crippen MR) is 118 cm³/mol. The van der Waals surface area contributed by atoms with Gasteiger partial charge < -0.3 is 4.90 Å². The molecule has 0 saturated carbocycles. The second kappa shape index (κ2) is 7.67. The Labute approximate surface area is 184 Å². The van der Waals surface area contributed by atoms with Crippen molar-refractivity contribution in [3.05, 3.63) is 112 Å². The molecule has 31 heavy (non-hydrogen) atoms. The number of aromatic amines is 1. The molecule has 1 atom stereocenters. The van der Waals surface area contributed by atoms with Crippen LogP contribution in [0.4, 0.5) is 4.39 Å². The number of aryl methyl sites for hydroxylation is 1. The lowest BCUT2D eigenvalue weighted by atomic mass is 9.96. The Hall–Kier alpha value is -3.44. The van der Waals surface area contributed by atoms with Crippen molar-refractivity contribution in [2.24, 2.45) is 0 Å². The lowest BCUT2D eigenvalue weighted by molar-refractivity contribution is 0.0730. The summed E-state index contributed by atoms with van der Waals surface area (Å²) >= 11 is 6.05. The number of halogens is 2. The van der Waals surface area contributed by atoms with E-state index in [1.807, 2.05) is 49.4 Å². The first-order valence-electron chi connectivity index (χ1n) is 9.97. The van der Waals surface area contributed by atoms with Gasteiger partial charge in [0, 0.05) is 22.7 Å². The van der Waals surface area contributed by atoms with E-state index >= 15 is 0 Å². The Morgan fingerprint density at radius 2 is 1.81 bits per heavy atom. The molecule has 1 amide bonds. The van der Waals surface area contributed by atoms with E-state index in [4.69, 9.17) is 11.6 Å². The molecular formula is C25H19ClFN3O. The topological polar surface area (TPSA) is 49.0 Å². The van der Waals surface area contributed by atoms with Gasteiger partial charge in [0.1, 0.15) is 11.5 Å². The fourth-order valence-corrected chi connectivity index (χ4v) is 4.23. The minimum Gasteiger partial charge on any atom is -0.322 e. The molecule has 0 spiro atoms. The van der Waals surface area contributed by atoms with E-state index in [1.54, 1.807) is 23.1 Å². The van der Waals surface area contributed by atoms with Crippen molar-refractivity contribution in [2.45, 2.75) is 19.5 Å². The number of hydrogen-bond acceptors (Lipinski definition) is 2. The molecule has 154 valence electrons. The number of benzene rings is 3. The Morgan fingerprint density at radius 3 is 2.52 bits per heavy atom. The number of carbonyl (C=O) groups is 1.